The van der Waals surface area contributed by atoms with E-state index in [9.17, 15) is 14.4 Å². The van der Waals surface area contributed by atoms with Gasteiger partial charge in [0, 0.05) is 33.8 Å². The van der Waals surface area contributed by atoms with Crippen LogP contribution in [0, 0.1) is 0 Å². The van der Waals surface area contributed by atoms with Gasteiger partial charge in [-0.1, -0.05) is 30.3 Å². The fourth-order valence-corrected chi connectivity index (χ4v) is 5.17. The van der Waals surface area contributed by atoms with Gasteiger partial charge in [-0.2, -0.15) is 0 Å². The standard InChI is InChI=1S/C32H26N4O5S2/c1-40-27-10-6-5-9-25(27)28-16-13-23(41-28)19-26(35-30(38)21-7-3-2-4-8-21)31(39)34-22-11-14-24(15-12-22)43-20-29(37)36-32-33-17-18-42-32/h2-19H,20H2,1H3,(H,34,39)(H,35,38)(H,33,36,37)/b26-19+. The van der Waals surface area contributed by atoms with Gasteiger partial charge >= 0.3 is 0 Å². The molecule has 0 radical (unpaired) electrons. The van der Waals surface area contributed by atoms with E-state index < -0.39 is 11.8 Å². The van der Waals surface area contributed by atoms with E-state index in [0.717, 1.165) is 10.5 Å². The molecule has 43 heavy (non-hydrogen) atoms. The number of thiazole rings is 1. The number of amides is 3. The van der Waals surface area contributed by atoms with Crippen molar-refractivity contribution in [1.29, 1.82) is 0 Å². The second kappa shape index (κ2) is 14.2. The quantitative estimate of drug-likeness (QED) is 0.114. The molecule has 216 valence electrons. The number of para-hydroxylation sites is 1. The zero-order chi connectivity index (χ0) is 30.0. The summed E-state index contributed by atoms with van der Waals surface area (Å²) in [6, 6.07) is 26.6. The maximum atomic E-state index is 13.4. The van der Waals surface area contributed by atoms with E-state index in [0.29, 0.717) is 33.7 Å². The lowest BCUT2D eigenvalue weighted by Crippen LogP contribution is -2.30. The number of carbonyl (C=O) groups excluding carboxylic acids is 3. The molecule has 11 heteroatoms. The van der Waals surface area contributed by atoms with Crippen LogP contribution in [-0.2, 0) is 9.59 Å². The van der Waals surface area contributed by atoms with E-state index >= 15 is 0 Å². The van der Waals surface area contributed by atoms with Crippen LogP contribution in [0.4, 0.5) is 10.8 Å². The van der Waals surface area contributed by atoms with Crippen molar-refractivity contribution >= 4 is 57.7 Å². The van der Waals surface area contributed by atoms with Gasteiger partial charge < -0.3 is 25.1 Å². The summed E-state index contributed by atoms with van der Waals surface area (Å²) in [5, 5.41) is 10.6. The average Bonchev–Trinajstić information content (AvgIpc) is 3.73. The molecule has 5 aromatic rings. The van der Waals surface area contributed by atoms with E-state index in [2.05, 4.69) is 20.9 Å². The van der Waals surface area contributed by atoms with E-state index in [1.54, 1.807) is 85.4 Å². The highest BCUT2D eigenvalue weighted by Crippen LogP contribution is 2.31. The summed E-state index contributed by atoms with van der Waals surface area (Å²) in [6.45, 7) is 0. The van der Waals surface area contributed by atoms with Crippen LogP contribution in [0.2, 0.25) is 0 Å². The number of furan rings is 1. The van der Waals surface area contributed by atoms with Gasteiger partial charge in [0.15, 0.2) is 5.13 Å². The third-order valence-corrected chi connectivity index (χ3v) is 7.68. The molecule has 3 amide bonds. The van der Waals surface area contributed by atoms with E-state index in [4.69, 9.17) is 9.15 Å². The molecule has 0 saturated heterocycles. The Labute approximate surface area is 256 Å². The normalized spacial score (nSPS) is 11.0. The third-order valence-electron chi connectivity index (χ3n) is 5.98. The minimum atomic E-state index is -0.539. The Morgan fingerprint density at radius 2 is 1.70 bits per heavy atom. The first kappa shape index (κ1) is 29.4. The Bertz CT molecular complexity index is 1730. The predicted octanol–water partition coefficient (Wildman–Crippen LogP) is 6.55. The summed E-state index contributed by atoms with van der Waals surface area (Å²) in [5.74, 6) is 0.624. The number of hydrogen-bond acceptors (Lipinski definition) is 8. The number of anilines is 2. The molecule has 5 rings (SSSR count). The van der Waals surface area contributed by atoms with Crippen LogP contribution in [0.3, 0.4) is 0 Å². The van der Waals surface area contributed by atoms with Crippen LogP contribution in [0.15, 0.2) is 118 Å². The van der Waals surface area contributed by atoms with Crippen LogP contribution in [0.25, 0.3) is 17.4 Å². The lowest BCUT2D eigenvalue weighted by Gasteiger charge is -2.11. The van der Waals surface area contributed by atoms with Crippen molar-refractivity contribution in [3.8, 4) is 17.1 Å². The van der Waals surface area contributed by atoms with Crippen molar-refractivity contribution in [3.63, 3.8) is 0 Å². The van der Waals surface area contributed by atoms with Gasteiger partial charge in [-0.15, -0.1) is 23.1 Å². The minimum Gasteiger partial charge on any atom is -0.496 e. The molecule has 0 bridgehead atoms. The highest BCUT2D eigenvalue weighted by molar-refractivity contribution is 8.00. The first-order valence-electron chi connectivity index (χ1n) is 13.0. The zero-order valence-corrected chi connectivity index (χ0v) is 24.5. The van der Waals surface area contributed by atoms with Gasteiger partial charge in [-0.05, 0) is 60.7 Å². The Kier molecular flexibility index (Phi) is 9.67. The van der Waals surface area contributed by atoms with Gasteiger partial charge in [0.1, 0.15) is 23.0 Å². The van der Waals surface area contributed by atoms with Crippen LogP contribution < -0.4 is 20.7 Å². The SMILES string of the molecule is COc1ccccc1-c1ccc(/C=C(/NC(=O)c2ccccc2)C(=O)Nc2ccc(SCC(=O)Nc3nccs3)cc2)o1. The van der Waals surface area contributed by atoms with Crippen molar-refractivity contribution < 1.29 is 23.5 Å². The van der Waals surface area contributed by atoms with Crippen LogP contribution in [0.5, 0.6) is 5.75 Å². The summed E-state index contributed by atoms with van der Waals surface area (Å²) < 4.78 is 11.4. The highest BCUT2D eigenvalue weighted by atomic mass is 32.2. The molecule has 0 fully saturated rings. The maximum Gasteiger partial charge on any atom is 0.272 e. The minimum absolute atomic E-state index is 0.00733. The maximum absolute atomic E-state index is 13.4. The first-order valence-corrected chi connectivity index (χ1v) is 14.9. The molecule has 2 heterocycles. The molecule has 0 saturated carbocycles. The molecule has 2 aromatic heterocycles. The second-order valence-corrected chi connectivity index (χ2v) is 10.9. The number of nitrogens with zero attached hydrogens (tertiary/aromatic N) is 1. The largest absolute Gasteiger partial charge is 0.496 e. The van der Waals surface area contributed by atoms with Gasteiger partial charge in [-0.25, -0.2) is 4.98 Å². The zero-order valence-electron chi connectivity index (χ0n) is 22.9. The number of carbonyl (C=O) groups is 3. The number of nitrogens with one attached hydrogen (secondary N) is 3. The summed E-state index contributed by atoms with van der Waals surface area (Å²) in [5.41, 5.74) is 1.65. The fraction of sp³-hybridized carbons (Fsp3) is 0.0625. The smallest absolute Gasteiger partial charge is 0.272 e. The molecule has 0 unspecified atom stereocenters. The molecule has 0 spiro atoms. The number of hydrogen-bond donors (Lipinski definition) is 3. The summed E-state index contributed by atoms with van der Waals surface area (Å²) in [6.07, 6.45) is 3.10. The van der Waals surface area contributed by atoms with Crippen molar-refractivity contribution in [2.24, 2.45) is 0 Å². The molecule has 0 aliphatic carbocycles. The highest BCUT2D eigenvalue weighted by Gasteiger charge is 2.17. The number of methoxy groups -OCH3 is 1. The number of benzene rings is 3. The van der Waals surface area contributed by atoms with E-state index in [-0.39, 0.29) is 17.4 Å². The van der Waals surface area contributed by atoms with Gasteiger partial charge in [0.05, 0.1) is 18.4 Å². The monoisotopic (exact) mass is 610 g/mol. The average molecular weight is 611 g/mol. The van der Waals surface area contributed by atoms with Crippen molar-refractivity contribution in [1.82, 2.24) is 10.3 Å². The lowest BCUT2D eigenvalue weighted by molar-refractivity contribution is -0.114. The van der Waals surface area contributed by atoms with Gasteiger partial charge in [0.2, 0.25) is 5.91 Å². The van der Waals surface area contributed by atoms with E-state index in [1.165, 1.54) is 29.2 Å². The Morgan fingerprint density at radius 3 is 2.44 bits per heavy atom. The Hall–Kier alpha value is -5.13. The summed E-state index contributed by atoms with van der Waals surface area (Å²) >= 11 is 2.71. The Morgan fingerprint density at radius 1 is 0.930 bits per heavy atom. The Balaban J connectivity index is 1.30. The summed E-state index contributed by atoms with van der Waals surface area (Å²) in [4.78, 5) is 43.4. The van der Waals surface area contributed by atoms with Crippen molar-refractivity contribution in [2.45, 2.75) is 4.90 Å². The predicted molar refractivity (Wildman–Crippen MR) is 169 cm³/mol. The molecule has 3 N–H and O–H groups in total. The van der Waals surface area contributed by atoms with E-state index in [1.807, 2.05) is 24.3 Å². The first-order chi connectivity index (χ1) is 21.0. The number of aromatic nitrogens is 1. The number of rotatable bonds is 11. The van der Waals surface area contributed by atoms with Gasteiger partial charge in [-0.3, -0.25) is 14.4 Å². The topological polar surface area (TPSA) is 123 Å². The molecule has 3 aromatic carbocycles. The van der Waals surface area contributed by atoms with Crippen LogP contribution in [0.1, 0.15) is 16.1 Å². The molecular weight excluding hydrogens is 585 g/mol. The third kappa shape index (κ3) is 8.00. The molecule has 0 aliphatic heterocycles. The molecular formula is C32H26N4O5S2. The van der Waals surface area contributed by atoms with Crippen molar-refractivity contribution in [2.75, 3.05) is 23.5 Å². The second-order valence-electron chi connectivity index (χ2n) is 8.93. The number of thioether (sulfide) groups is 1. The van der Waals surface area contributed by atoms with Crippen molar-refractivity contribution in [3.05, 3.63) is 120 Å². The molecule has 9 nitrogen and oxygen atoms in total. The van der Waals surface area contributed by atoms with Crippen LogP contribution in [-0.4, -0.2) is 35.6 Å². The van der Waals surface area contributed by atoms with Gasteiger partial charge in [0.25, 0.3) is 11.8 Å². The lowest BCUT2D eigenvalue weighted by atomic mass is 10.1. The summed E-state index contributed by atoms with van der Waals surface area (Å²) in [7, 11) is 1.58. The van der Waals surface area contributed by atoms with Crippen LogP contribution >= 0.6 is 23.1 Å². The molecule has 0 atom stereocenters. The number of ether oxygens (including phenoxy) is 1. The molecule has 0 aliphatic rings. The fourth-order valence-electron chi connectivity index (χ4n) is 3.93.